The van der Waals surface area contributed by atoms with Gasteiger partial charge in [-0.25, -0.2) is 0 Å². The fourth-order valence-corrected chi connectivity index (χ4v) is 6.37. The van der Waals surface area contributed by atoms with E-state index in [1.807, 2.05) is 48.5 Å². The average Bonchev–Trinajstić information content (AvgIpc) is 3.09. The van der Waals surface area contributed by atoms with Crippen molar-refractivity contribution < 1.29 is 19.1 Å². The van der Waals surface area contributed by atoms with Crippen LogP contribution in [0.25, 0.3) is 11.1 Å². The summed E-state index contributed by atoms with van der Waals surface area (Å²) in [5, 5.41) is 0. The maximum Gasteiger partial charge on any atom is 0.311 e. The standard InChI is InChI=1S/C44H70O4/c1-3-5-7-9-11-13-15-17-19-21-23-25-27-29-43(45)47-41-35-31-39(32-36-41)40-33-37-42(38-34-40)48-44(46)30-28-26-24-22-20-18-16-14-12-10-8-6-4-2/h31-38H,3-30H2,1-2H3. The number of rotatable bonds is 31. The van der Waals surface area contributed by atoms with Gasteiger partial charge in [0.05, 0.1) is 0 Å². The lowest BCUT2D eigenvalue weighted by molar-refractivity contribution is -0.135. The number of hydrogen-bond donors (Lipinski definition) is 0. The highest BCUT2D eigenvalue weighted by molar-refractivity contribution is 5.74. The first-order valence-corrected chi connectivity index (χ1v) is 20.2. The fraction of sp³-hybridized carbons (Fsp3) is 0.682. The zero-order chi connectivity index (χ0) is 34.3. The zero-order valence-corrected chi connectivity index (χ0v) is 31.1. The summed E-state index contributed by atoms with van der Waals surface area (Å²) in [5.74, 6) is 0.848. The lowest BCUT2D eigenvalue weighted by Gasteiger charge is -2.08. The normalized spacial score (nSPS) is 11.1. The molecule has 0 saturated heterocycles. The van der Waals surface area contributed by atoms with Crippen molar-refractivity contribution in [3.8, 4) is 22.6 Å². The van der Waals surface area contributed by atoms with Crippen molar-refractivity contribution >= 4 is 11.9 Å². The van der Waals surface area contributed by atoms with Crippen LogP contribution in [0.5, 0.6) is 11.5 Å². The van der Waals surface area contributed by atoms with Crippen LogP contribution in [-0.4, -0.2) is 11.9 Å². The molecule has 2 aromatic rings. The van der Waals surface area contributed by atoms with E-state index in [2.05, 4.69) is 13.8 Å². The van der Waals surface area contributed by atoms with Gasteiger partial charge in [-0.2, -0.15) is 0 Å². The summed E-state index contributed by atoms with van der Waals surface area (Å²) in [6.07, 6.45) is 34.6. The Morgan fingerprint density at radius 2 is 0.583 bits per heavy atom. The summed E-state index contributed by atoms with van der Waals surface area (Å²) in [6.45, 7) is 4.54. The largest absolute Gasteiger partial charge is 0.427 e. The number of unbranched alkanes of at least 4 members (excludes halogenated alkanes) is 24. The molecule has 0 bridgehead atoms. The molecular formula is C44H70O4. The molecule has 4 nitrogen and oxygen atoms in total. The van der Waals surface area contributed by atoms with Crippen LogP contribution in [0.1, 0.15) is 194 Å². The van der Waals surface area contributed by atoms with Crippen LogP contribution in [0.2, 0.25) is 0 Å². The van der Waals surface area contributed by atoms with Crippen molar-refractivity contribution in [2.45, 2.75) is 194 Å². The van der Waals surface area contributed by atoms with Crippen molar-refractivity contribution in [1.29, 1.82) is 0 Å². The molecule has 0 atom stereocenters. The molecule has 0 spiro atoms. The summed E-state index contributed by atoms with van der Waals surface area (Å²) in [5.41, 5.74) is 2.05. The first-order valence-electron chi connectivity index (χ1n) is 20.2. The van der Waals surface area contributed by atoms with E-state index in [1.54, 1.807) is 0 Å². The highest BCUT2D eigenvalue weighted by Gasteiger charge is 2.08. The number of ether oxygens (including phenoxy) is 2. The Bertz CT molecular complexity index is 957. The van der Waals surface area contributed by atoms with Gasteiger partial charge in [-0.15, -0.1) is 0 Å². The zero-order valence-electron chi connectivity index (χ0n) is 31.1. The second-order valence-electron chi connectivity index (χ2n) is 14.0. The summed E-state index contributed by atoms with van der Waals surface area (Å²) in [6, 6.07) is 15.2. The SMILES string of the molecule is CCCCCCCCCCCCCCCC(=O)Oc1ccc(-c2ccc(OC(=O)CCCCCCCCCCCCCCC)cc2)cc1. The Labute approximate surface area is 295 Å². The fourth-order valence-electron chi connectivity index (χ4n) is 6.37. The maximum absolute atomic E-state index is 12.3. The smallest absolute Gasteiger partial charge is 0.311 e. The lowest BCUT2D eigenvalue weighted by Crippen LogP contribution is -2.07. The van der Waals surface area contributed by atoms with Crippen molar-refractivity contribution in [3.63, 3.8) is 0 Å². The van der Waals surface area contributed by atoms with E-state index < -0.39 is 0 Å². The monoisotopic (exact) mass is 663 g/mol. The number of benzene rings is 2. The molecule has 0 aliphatic heterocycles. The first-order chi connectivity index (χ1) is 23.6. The van der Waals surface area contributed by atoms with Crippen molar-refractivity contribution in [2.75, 3.05) is 0 Å². The average molecular weight is 663 g/mol. The molecule has 270 valence electrons. The molecule has 0 saturated carbocycles. The van der Waals surface area contributed by atoms with E-state index in [4.69, 9.17) is 9.47 Å². The highest BCUT2D eigenvalue weighted by atomic mass is 16.5. The van der Waals surface area contributed by atoms with Gasteiger partial charge in [0, 0.05) is 12.8 Å². The Hall–Kier alpha value is -2.62. The molecule has 2 aromatic carbocycles. The highest BCUT2D eigenvalue weighted by Crippen LogP contribution is 2.25. The molecule has 0 heterocycles. The minimum absolute atomic E-state index is 0.157. The number of hydrogen-bond acceptors (Lipinski definition) is 4. The molecule has 48 heavy (non-hydrogen) atoms. The maximum atomic E-state index is 12.3. The molecular weight excluding hydrogens is 592 g/mol. The van der Waals surface area contributed by atoms with Crippen LogP contribution in [0, 0.1) is 0 Å². The molecule has 2 rings (SSSR count). The van der Waals surface area contributed by atoms with E-state index in [0.29, 0.717) is 24.3 Å². The third-order valence-corrected chi connectivity index (χ3v) is 9.47. The molecule has 0 amide bonds. The summed E-state index contributed by atoms with van der Waals surface area (Å²) in [4.78, 5) is 24.6. The predicted octanol–water partition coefficient (Wildman–Crippen LogP) is 14.1. The number of esters is 2. The van der Waals surface area contributed by atoms with Crippen molar-refractivity contribution in [2.24, 2.45) is 0 Å². The van der Waals surface area contributed by atoms with Gasteiger partial charge in [0.1, 0.15) is 11.5 Å². The molecule has 0 unspecified atom stereocenters. The first kappa shape index (κ1) is 41.6. The van der Waals surface area contributed by atoms with Gasteiger partial charge in [-0.3, -0.25) is 9.59 Å². The summed E-state index contributed by atoms with van der Waals surface area (Å²) < 4.78 is 11.1. The topological polar surface area (TPSA) is 52.6 Å². The minimum Gasteiger partial charge on any atom is -0.427 e. The van der Waals surface area contributed by atoms with Crippen molar-refractivity contribution in [3.05, 3.63) is 48.5 Å². The second kappa shape index (κ2) is 29.3. The molecule has 0 fully saturated rings. The summed E-state index contributed by atoms with van der Waals surface area (Å²) >= 11 is 0. The van der Waals surface area contributed by atoms with E-state index in [-0.39, 0.29) is 11.9 Å². The van der Waals surface area contributed by atoms with Gasteiger partial charge < -0.3 is 9.47 Å². The number of carbonyl (C=O) groups excluding carboxylic acids is 2. The molecule has 4 heteroatoms. The summed E-state index contributed by atoms with van der Waals surface area (Å²) in [7, 11) is 0. The van der Waals surface area contributed by atoms with Gasteiger partial charge in [-0.05, 0) is 48.2 Å². The van der Waals surface area contributed by atoms with Gasteiger partial charge in [-0.1, -0.05) is 192 Å². The van der Waals surface area contributed by atoms with Crippen LogP contribution in [-0.2, 0) is 9.59 Å². The third-order valence-electron chi connectivity index (χ3n) is 9.47. The van der Waals surface area contributed by atoms with E-state index in [9.17, 15) is 9.59 Å². The van der Waals surface area contributed by atoms with Crippen LogP contribution in [0.15, 0.2) is 48.5 Å². The molecule has 0 aromatic heterocycles. The molecule has 0 aliphatic carbocycles. The second-order valence-corrected chi connectivity index (χ2v) is 14.0. The van der Waals surface area contributed by atoms with Gasteiger partial charge in [0.25, 0.3) is 0 Å². The third kappa shape index (κ3) is 22.1. The quantitative estimate of drug-likeness (QED) is 0.0458. The van der Waals surface area contributed by atoms with E-state index in [1.165, 1.54) is 141 Å². The van der Waals surface area contributed by atoms with Crippen LogP contribution in [0.4, 0.5) is 0 Å². The molecule has 0 radical (unpaired) electrons. The predicted molar refractivity (Wildman–Crippen MR) is 204 cm³/mol. The van der Waals surface area contributed by atoms with Crippen LogP contribution >= 0.6 is 0 Å². The van der Waals surface area contributed by atoms with Gasteiger partial charge in [0.15, 0.2) is 0 Å². The Balaban J connectivity index is 1.49. The van der Waals surface area contributed by atoms with Crippen LogP contribution < -0.4 is 9.47 Å². The lowest BCUT2D eigenvalue weighted by atomic mass is 10.0. The number of carbonyl (C=O) groups is 2. The van der Waals surface area contributed by atoms with Crippen LogP contribution in [0.3, 0.4) is 0 Å². The van der Waals surface area contributed by atoms with E-state index in [0.717, 1.165) is 36.8 Å². The molecule has 0 N–H and O–H groups in total. The molecule has 0 aliphatic rings. The van der Waals surface area contributed by atoms with Gasteiger partial charge in [0.2, 0.25) is 0 Å². The van der Waals surface area contributed by atoms with Crippen molar-refractivity contribution in [1.82, 2.24) is 0 Å². The minimum atomic E-state index is -0.157. The Morgan fingerprint density at radius 3 is 0.833 bits per heavy atom. The van der Waals surface area contributed by atoms with Gasteiger partial charge >= 0.3 is 11.9 Å². The Morgan fingerprint density at radius 1 is 0.354 bits per heavy atom. The van der Waals surface area contributed by atoms with E-state index >= 15 is 0 Å². The Kier molecular flexibility index (Phi) is 25.4.